The van der Waals surface area contributed by atoms with Crippen LogP contribution < -0.4 is 10.1 Å². The summed E-state index contributed by atoms with van der Waals surface area (Å²) < 4.78 is 43.5. The molecule has 3 aromatic carbocycles. The third-order valence-electron chi connectivity index (χ3n) is 7.16. The minimum absolute atomic E-state index is 0.135. The Kier molecular flexibility index (Phi) is 12.6. The highest BCUT2D eigenvalue weighted by molar-refractivity contribution is 7.89. The maximum absolute atomic E-state index is 13.8. The molecular weight excluding hydrogens is 606 g/mol. The van der Waals surface area contributed by atoms with E-state index >= 15 is 0 Å². The van der Waals surface area contributed by atoms with Crippen molar-refractivity contribution in [2.45, 2.75) is 30.3 Å². The molecule has 1 fully saturated rings. The van der Waals surface area contributed by atoms with E-state index in [1.165, 1.54) is 33.5 Å². The molecule has 4 rings (SSSR count). The van der Waals surface area contributed by atoms with Crippen LogP contribution in [0.3, 0.4) is 0 Å². The van der Waals surface area contributed by atoms with Gasteiger partial charge in [-0.25, -0.2) is 8.42 Å². The predicted octanol–water partition coefficient (Wildman–Crippen LogP) is 3.53. The summed E-state index contributed by atoms with van der Waals surface area (Å²) in [5, 5.41) is 3.51. The number of methoxy groups -OCH3 is 1. The number of carbonyl (C=O) groups is 2. The molecule has 0 unspecified atom stereocenters. The van der Waals surface area contributed by atoms with Gasteiger partial charge in [-0.2, -0.15) is 4.31 Å². The molecule has 0 aliphatic carbocycles. The Labute approximate surface area is 263 Å². The van der Waals surface area contributed by atoms with Gasteiger partial charge < -0.3 is 24.4 Å². The van der Waals surface area contributed by atoms with Gasteiger partial charge in [-0.3, -0.25) is 9.59 Å². The molecule has 1 N–H and O–H groups in total. The van der Waals surface area contributed by atoms with Crippen molar-refractivity contribution >= 4 is 33.4 Å². The second-order valence-corrected chi connectivity index (χ2v) is 12.6. The van der Waals surface area contributed by atoms with E-state index in [1.807, 2.05) is 42.5 Å². The molecule has 0 spiro atoms. The molecule has 0 bridgehead atoms. The average molecular weight is 644 g/mol. The van der Waals surface area contributed by atoms with Gasteiger partial charge >= 0.3 is 0 Å². The fourth-order valence-electron chi connectivity index (χ4n) is 4.76. The summed E-state index contributed by atoms with van der Waals surface area (Å²) in [5.74, 6) is -0.364. The van der Waals surface area contributed by atoms with Gasteiger partial charge in [0.25, 0.3) is 5.91 Å². The number of hydrogen-bond donors (Lipinski definition) is 1. The van der Waals surface area contributed by atoms with Gasteiger partial charge in [0, 0.05) is 51.3 Å². The fraction of sp³-hybridized carbons (Fsp3) is 0.375. The number of nitrogens with one attached hydrogen (secondary N) is 1. The second kappa shape index (κ2) is 16.6. The summed E-state index contributed by atoms with van der Waals surface area (Å²) >= 11 is 6.09. The first kappa shape index (κ1) is 33.4. The van der Waals surface area contributed by atoms with E-state index in [4.69, 9.17) is 25.8 Å². The number of halogens is 1. The number of nitrogens with zero attached hydrogens (tertiary/aromatic N) is 2. The van der Waals surface area contributed by atoms with Crippen LogP contribution in [0.4, 0.5) is 0 Å². The fourth-order valence-corrected chi connectivity index (χ4v) is 6.29. The van der Waals surface area contributed by atoms with E-state index in [2.05, 4.69) is 5.32 Å². The van der Waals surface area contributed by atoms with Crippen LogP contribution in [0.2, 0.25) is 5.02 Å². The Balaban J connectivity index is 1.52. The van der Waals surface area contributed by atoms with Gasteiger partial charge in [-0.05, 0) is 53.9 Å². The lowest BCUT2D eigenvalue weighted by Crippen LogP contribution is -2.51. The molecule has 0 radical (unpaired) electrons. The first-order valence-corrected chi connectivity index (χ1v) is 16.2. The Morgan fingerprint density at radius 2 is 1.66 bits per heavy atom. The van der Waals surface area contributed by atoms with E-state index < -0.39 is 22.0 Å². The minimum atomic E-state index is -3.66. The van der Waals surface area contributed by atoms with E-state index in [1.54, 1.807) is 19.2 Å². The third kappa shape index (κ3) is 9.51. The molecule has 1 heterocycles. The van der Waals surface area contributed by atoms with Gasteiger partial charge in [0.1, 0.15) is 11.8 Å². The standard InChI is InChI=1S/C32H38ClN3O7S/c1-41-19-5-16-34-32(38)30(22-25-6-3-2-4-7-25)36(23-26-8-10-27(33)11-9-26)31(37)24-43-28-12-14-29(15-13-28)44(39,40)35-17-20-42-21-18-35/h2-4,6-15,30H,5,16-24H2,1H3,(H,34,38)/t30-/m0/s1. The lowest BCUT2D eigenvalue weighted by molar-refractivity contribution is -0.142. The molecule has 2 amide bonds. The molecule has 0 aromatic heterocycles. The summed E-state index contributed by atoms with van der Waals surface area (Å²) in [4.78, 5) is 29.0. The number of carbonyl (C=O) groups excluding carboxylic acids is 2. The molecule has 1 saturated heterocycles. The normalized spacial score (nSPS) is 14.5. The van der Waals surface area contributed by atoms with E-state index in [0.717, 1.165) is 11.1 Å². The smallest absolute Gasteiger partial charge is 0.261 e. The SMILES string of the molecule is COCCCNC(=O)[C@H](Cc1ccccc1)N(Cc1ccc(Cl)cc1)C(=O)COc1ccc(S(=O)(=O)N2CCOCC2)cc1. The number of ether oxygens (including phenoxy) is 3. The Hall–Kier alpha value is -3.48. The van der Waals surface area contributed by atoms with Crippen LogP contribution in [-0.4, -0.2) is 88.7 Å². The highest BCUT2D eigenvalue weighted by Gasteiger charge is 2.31. The monoisotopic (exact) mass is 643 g/mol. The molecule has 12 heteroatoms. The number of morpholine rings is 1. The molecule has 0 saturated carbocycles. The first-order chi connectivity index (χ1) is 21.3. The minimum Gasteiger partial charge on any atom is -0.484 e. The zero-order valence-electron chi connectivity index (χ0n) is 24.7. The highest BCUT2D eigenvalue weighted by Crippen LogP contribution is 2.22. The van der Waals surface area contributed by atoms with E-state index in [9.17, 15) is 18.0 Å². The Morgan fingerprint density at radius 3 is 2.32 bits per heavy atom. The van der Waals surface area contributed by atoms with Crippen molar-refractivity contribution in [3.8, 4) is 5.75 Å². The van der Waals surface area contributed by atoms with Crippen molar-refractivity contribution in [2.75, 3.05) is 53.2 Å². The maximum Gasteiger partial charge on any atom is 0.261 e. The lowest BCUT2D eigenvalue weighted by atomic mass is 10.0. The van der Waals surface area contributed by atoms with Crippen LogP contribution >= 0.6 is 11.6 Å². The largest absolute Gasteiger partial charge is 0.484 e. The molecule has 44 heavy (non-hydrogen) atoms. The molecule has 3 aromatic rings. The van der Waals surface area contributed by atoms with Gasteiger partial charge in [0.2, 0.25) is 15.9 Å². The van der Waals surface area contributed by atoms with Crippen molar-refractivity contribution in [1.29, 1.82) is 0 Å². The van der Waals surface area contributed by atoms with E-state index in [0.29, 0.717) is 63.1 Å². The van der Waals surface area contributed by atoms with Gasteiger partial charge in [0.15, 0.2) is 6.61 Å². The zero-order chi connectivity index (χ0) is 31.4. The molecule has 1 aliphatic rings. The molecule has 10 nitrogen and oxygen atoms in total. The summed E-state index contributed by atoms with van der Waals surface area (Å²) in [6.07, 6.45) is 0.927. The van der Waals surface area contributed by atoms with E-state index in [-0.39, 0.29) is 24.0 Å². The molecule has 1 aliphatic heterocycles. The lowest BCUT2D eigenvalue weighted by Gasteiger charge is -2.31. The van der Waals surface area contributed by atoms with Crippen LogP contribution in [0, 0.1) is 0 Å². The summed E-state index contributed by atoms with van der Waals surface area (Å²) in [6.45, 7) is 1.99. The topological polar surface area (TPSA) is 114 Å². The van der Waals surface area contributed by atoms with Crippen molar-refractivity contribution < 1.29 is 32.2 Å². The van der Waals surface area contributed by atoms with Crippen molar-refractivity contribution in [2.24, 2.45) is 0 Å². The van der Waals surface area contributed by atoms with Crippen molar-refractivity contribution in [1.82, 2.24) is 14.5 Å². The van der Waals surface area contributed by atoms with Crippen LogP contribution in [0.5, 0.6) is 5.75 Å². The molecule has 1 atom stereocenters. The molecule has 236 valence electrons. The maximum atomic E-state index is 13.8. The number of hydrogen-bond acceptors (Lipinski definition) is 7. The van der Waals surface area contributed by atoms with Crippen LogP contribution in [0.1, 0.15) is 17.5 Å². The summed E-state index contributed by atoms with van der Waals surface area (Å²) in [6, 6.07) is 21.7. The van der Waals surface area contributed by atoms with Crippen molar-refractivity contribution in [3.63, 3.8) is 0 Å². The average Bonchev–Trinajstić information content (AvgIpc) is 3.05. The van der Waals surface area contributed by atoms with Gasteiger partial charge in [-0.15, -0.1) is 0 Å². The number of sulfonamides is 1. The number of amides is 2. The quantitative estimate of drug-likeness (QED) is 0.252. The molecular formula is C32H38ClN3O7S. The van der Waals surface area contributed by atoms with Gasteiger partial charge in [0.05, 0.1) is 18.1 Å². The van der Waals surface area contributed by atoms with Crippen LogP contribution in [-0.2, 0) is 42.1 Å². The predicted molar refractivity (Wildman–Crippen MR) is 167 cm³/mol. The van der Waals surface area contributed by atoms with Crippen LogP contribution in [0.25, 0.3) is 0 Å². The zero-order valence-corrected chi connectivity index (χ0v) is 26.3. The van der Waals surface area contributed by atoms with Crippen LogP contribution in [0.15, 0.2) is 83.8 Å². The van der Waals surface area contributed by atoms with Crippen molar-refractivity contribution in [3.05, 3.63) is 95.0 Å². The number of rotatable bonds is 15. The Morgan fingerprint density at radius 1 is 0.977 bits per heavy atom. The first-order valence-electron chi connectivity index (χ1n) is 14.4. The summed E-state index contributed by atoms with van der Waals surface area (Å²) in [7, 11) is -2.06. The highest BCUT2D eigenvalue weighted by atomic mass is 35.5. The summed E-state index contributed by atoms with van der Waals surface area (Å²) in [5.41, 5.74) is 1.70. The second-order valence-electron chi connectivity index (χ2n) is 10.3. The van der Waals surface area contributed by atoms with Gasteiger partial charge in [-0.1, -0.05) is 54.1 Å². The Bertz CT molecular complexity index is 1450. The third-order valence-corrected chi connectivity index (χ3v) is 9.32. The number of benzene rings is 3.